The lowest BCUT2D eigenvalue weighted by Gasteiger charge is -2.29. The van der Waals surface area contributed by atoms with Crippen LogP contribution < -0.4 is 5.32 Å². The molecular weight excluding hydrogens is 310 g/mol. The molecule has 1 fully saturated rings. The highest BCUT2D eigenvalue weighted by molar-refractivity contribution is 6.15. The number of cyclic esters (lactones) is 2. The number of nitrogens with zero attached hydrogens (tertiary/aromatic N) is 2. The fraction of sp³-hybridized carbons (Fsp3) is 0.235. The molecule has 124 valence electrons. The first kappa shape index (κ1) is 15.8. The van der Waals surface area contributed by atoms with Gasteiger partial charge >= 0.3 is 11.9 Å². The number of carbonyl (C=O) groups is 2. The Morgan fingerprint density at radius 1 is 1.08 bits per heavy atom. The number of ether oxygens (including phenoxy) is 2. The lowest BCUT2D eigenvalue weighted by atomic mass is 10.1. The van der Waals surface area contributed by atoms with Gasteiger partial charge < -0.3 is 14.8 Å². The largest absolute Gasteiger partial charge is 0.419 e. The lowest BCUT2D eigenvalue weighted by molar-refractivity contribution is -0.222. The Bertz CT molecular complexity index is 797. The molecular formula is C17H17N3O4. The Morgan fingerprint density at radius 2 is 1.71 bits per heavy atom. The first-order chi connectivity index (χ1) is 11.4. The van der Waals surface area contributed by atoms with Crippen molar-refractivity contribution in [2.24, 2.45) is 7.05 Å². The summed E-state index contributed by atoms with van der Waals surface area (Å²) in [5, 5.41) is 7.03. The molecule has 0 unspecified atom stereocenters. The molecule has 3 rings (SSSR count). The van der Waals surface area contributed by atoms with E-state index >= 15 is 0 Å². The summed E-state index contributed by atoms with van der Waals surface area (Å²) in [5.41, 5.74) is 2.54. The first-order valence-corrected chi connectivity index (χ1v) is 7.37. The summed E-state index contributed by atoms with van der Waals surface area (Å²) in [6, 6.07) is 9.42. The van der Waals surface area contributed by atoms with Crippen LogP contribution >= 0.6 is 0 Å². The summed E-state index contributed by atoms with van der Waals surface area (Å²) >= 11 is 0. The molecule has 0 amide bonds. The lowest BCUT2D eigenvalue weighted by Crippen LogP contribution is -2.42. The van der Waals surface area contributed by atoms with Crippen molar-refractivity contribution >= 4 is 17.6 Å². The number of rotatable bonds is 3. The van der Waals surface area contributed by atoms with Gasteiger partial charge in [-0.15, -0.1) is 0 Å². The number of carbonyl (C=O) groups excluding carboxylic acids is 2. The van der Waals surface area contributed by atoms with Gasteiger partial charge in [-0.1, -0.05) is 12.1 Å². The fourth-order valence-electron chi connectivity index (χ4n) is 2.33. The normalized spacial score (nSPS) is 16.4. The number of hydrogen-bond acceptors (Lipinski definition) is 6. The van der Waals surface area contributed by atoms with Crippen LogP contribution in [0.15, 0.2) is 48.3 Å². The summed E-state index contributed by atoms with van der Waals surface area (Å²) in [5.74, 6) is -2.67. The maximum atomic E-state index is 11.8. The molecule has 24 heavy (non-hydrogen) atoms. The van der Waals surface area contributed by atoms with Crippen LogP contribution in [0.25, 0.3) is 11.3 Å². The van der Waals surface area contributed by atoms with E-state index < -0.39 is 17.7 Å². The van der Waals surface area contributed by atoms with Gasteiger partial charge in [-0.05, 0) is 23.8 Å². The van der Waals surface area contributed by atoms with Crippen molar-refractivity contribution in [3.05, 3.63) is 48.3 Å². The van der Waals surface area contributed by atoms with Crippen molar-refractivity contribution in [1.29, 1.82) is 0 Å². The van der Waals surface area contributed by atoms with Crippen LogP contribution in [0.4, 0.5) is 5.69 Å². The fourth-order valence-corrected chi connectivity index (χ4v) is 2.33. The van der Waals surface area contributed by atoms with E-state index in [-0.39, 0.29) is 5.57 Å². The van der Waals surface area contributed by atoms with Crippen LogP contribution in [0.2, 0.25) is 0 Å². The molecule has 0 bridgehead atoms. The number of anilines is 1. The van der Waals surface area contributed by atoms with Crippen LogP contribution in [0.5, 0.6) is 0 Å². The Labute approximate surface area is 138 Å². The maximum absolute atomic E-state index is 11.8. The molecule has 0 aliphatic carbocycles. The first-order valence-electron chi connectivity index (χ1n) is 7.37. The van der Waals surface area contributed by atoms with Crippen molar-refractivity contribution in [3.63, 3.8) is 0 Å². The highest BCUT2D eigenvalue weighted by atomic mass is 16.7. The Kier molecular flexibility index (Phi) is 3.84. The van der Waals surface area contributed by atoms with Gasteiger partial charge in [0.15, 0.2) is 5.57 Å². The average molecular weight is 327 g/mol. The summed E-state index contributed by atoms with van der Waals surface area (Å²) < 4.78 is 11.8. The average Bonchev–Trinajstić information content (AvgIpc) is 2.92. The number of hydrogen-bond donors (Lipinski definition) is 1. The van der Waals surface area contributed by atoms with Gasteiger partial charge in [-0.2, -0.15) is 5.10 Å². The van der Waals surface area contributed by atoms with Gasteiger partial charge in [0.05, 0.1) is 5.69 Å². The van der Waals surface area contributed by atoms with Gasteiger partial charge in [-0.25, -0.2) is 9.59 Å². The van der Waals surface area contributed by atoms with E-state index in [1.165, 1.54) is 20.0 Å². The molecule has 1 saturated heterocycles. The molecule has 1 aromatic heterocycles. The van der Waals surface area contributed by atoms with Crippen LogP contribution in [0, 0.1) is 0 Å². The molecule has 1 aliphatic rings. The van der Waals surface area contributed by atoms with E-state index in [1.54, 1.807) is 10.9 Å². The van der Waals surface area contributed by atoms with E-state index in [1.807, 2.05) is 37.4 Å². The summed E-state index contributed by atoms with van der Waals surface area (Å²) in [6.45, 7) is 3.01. The summed E-state index contributed by atoms with van der Waals surface area (Å²) in [4.78, 5) is 23.7. The Morgan fingerprint density at radius 3 is 2.25 bits per heavy atom. The van der Waals surface area contributed by atoms with E-state index in [2.05, 4.69) is 10.4 Å². The van der Waals surface area contributed by atoms with Crippen LogP contribution in [-0.2, 0) is 26.1 Å². The monoisotopic (exact) mass is 327 g/mol. The molecule has 0 radical (unpaired) electrons. The minimum Gasteiger partial charge on any atom is -0.419 e. The number of nitrogens with one attached hydrogen (secondary N) is 1. The Hall–Kier alpha value is -3.09. The minimum atomic E-state index is -1.24. The highest BCUT2D eigenvalue weighted by Crippen LogP contribution is 2.24. The Balaban J connectivity index is 1.74. The molecule has 2 heterocycles. The third-order valence-electron chi connectivity index (χ3n) is 3.50. The van der Waals surface area contributed by atoms with Crippen molar-refractivity contribution in [2.45, 2.75) is 19.6 Å². The second-order valence-corrected chi connectivity index (χ2v) is 5.80. The quantitative estimate of drug-likeness (QED) is 0.529. The molecule has 7 nitrogen and oxygen atoms in total. The predicted octanol–water partition coefficient (Wildman–Crippen LogP) is 2.22. The number of benzene rings is 1. The maximum Gasteiger partial charge on any atom is 0.350 e. The van der Waals surface area contributed by atoms with Gasteiger partial charge in [0.2, 0.25) is 0 Å². The molecule has 0 spiro atoms. The molecule has 1 aromatic carbocycles. The molecule has 2 aromatic rings. The molecule has 0 saturated carbocycles. The summed E-state index contributed by atoms with van der Waals surface area (Å²) in [6.07, 6.45) is 3.02. The summed E-state index contributed by atoms with van der Waals surface area (Å²) in [7, 11) is 1.87. The molecule has 1 N–H and O–H groups in total. The molecule has 7 heteroatoms. The smallest absolute Gasteiger partial charge is 0.350 e. The van der Waals surface area contributed by atoms with E-state index in [0.29, 0.717) is 0 Å². The zero-order valence-electron chi connectivity index (χ0n) is 13.6. The van der Waals surface area contributed by atoms with E-state index in [0.717, 1.165) is 16.9 Å². The number of aryl methyl sites for hydroxylation is 1. The number of aromatic nitrogens is 2. The SMILES string of the molecule is Cn1nccc1-c1ccc(NC=C2C(=O)OC(C)(C)OC2=O)cc1. The molecule has 1 aliphatic heterocycles. The molecule has 0 atom stereocenters. The number of esters is 2. The third-order valence-corrected chi connectivity index (χ3v) is 3.50. The van der Waals surface area contributed by atoms with Crippen LogP contribution in [0.3, 0.4) is 0 Å². The van der Waals surface area contributed by atoms with Gasteiger partial charge in [0.1, 0.15) is 0 Å². The van der Waals surface area contributed by atoms with Gasteiger partial charge in [0, 0.05) is 39.0 Å². The zero-order valence-corrected chi connectivity index (χ0v) is 13.6. The van der Waals surface area contributed by atoms with Crippen molar-refractivity contribution in [3.8, 4) is 11.3 Å². The third kappa shape index (κ3) is 3.15. The van der Waals surface area contributed by atoms with Gasteiger partial charge in [0.25, 0.3) is 5.79 Å². The van der Waals surface area contributed by atoms with Gasteiger partial charge in [-0.3, -0.25) is 4.68 Å². The second kappa shape index (κ2) is 5.84. The van der Waals surface area contributed by atoms with E-state index in [9.17, 15) is 9.59 Å². The van der Waals surface area contributed by atoms with Crippen LogP contribution in [0.1, 0.15) is 13.8 Å². The van der Waals surface area contributed by atoms with Crippen molar-refractivity contribution in [2.75, 3.05) is 5.32 Å². The standard InChI is InChI=1S/C17H17N3O4/c1-17(2)23-15(21)13(16(22)24-17)10-18-12-6-4-11(5-7-12)14-8-9-19-20(14)3/h4-10,18H,1-3H3. The zero-order chi connectivity index (χ0) is 17.3. The van der Waals surface area contributed by atoms with E-state index in [4.69, 9.17) is 9.47 Å². The van der Waals surface area contributed by atoms with Crippen molar-refractivity contribution in [1.82, 2.24) is 9.78 Å². The highest BCUT2D eigenvalue weighted by Gasteiger charge is 2.38. The van der Waals surface area contributed by atoms with Crippen molar-refractivity contribution < 1.29 is 19.1 Å². The minimum absolute atomic E-state index is 0.176. The predicted molar refractivity (Wildman–Crippen MR) is 86.6 cm³/mol. The second-order valence-electron chi connectivity index (χ2n) is 5.80. The topological polar surface area (TPSA) is 82.5 Å². The van der Waals surface area contributed by atoms with Crippen LogP contribution in [-0.4, -0.2) is 27.5 Å².